The van der Waals surface area contributed by atoms with Gasteiger partial charge in [0.1, 0.15) is 11.2 Å². The fourth-order valence-corrected chi connectivity index (χ4v) is 5.37. The van der Waals surface area contributed by atoms with Crippen molar-refractivity contribution in [1.82, 2.24) is 28.9 Å². The Morgan fingerprint density at radius 1 is 1.18 bits per heavy atom. The quantitative estimate of drug-likeness (QED) is 0.519. The molecule has 9 heteroatoms. The van der Waals surface area contributed by atoms with Gasteiger partial charge >= 0.3 is 0 Å². The average molecular weight is 446 g/mol. The van der Waals surface area contributed by atoms with Gasteiger partial charge in [0.2, 0.25) is 17.7 Å². The number of hydrogen-bond donors (Lipinski definition) is 1. The number of pyridine rings is 1. The molecule has 0 radical (unpaired) electrons. The van der Waals surface area contributed by atoms with Gasteiger partial charge in [-0.15, -0.1) is 5.10 Å². The summed E-state index contributed by atoms with van der Waals surface area (Å²) in [6, 6.07) is 6.41. The summed E-state index contributed by atoms with van der Waals surface area (Å²) < 4.78 is 9.51. The lowest BCUT2D eigenvalue weighted by atomic mass is 9.67. The van der Waals surface area contributed by atoms with Gasteiger partial charge < -0.3 is 19.4 Å². The number of ether oxygens (including phenoxy) is 1. The Balaban J connectivity index is 1.22. The van der Waals surface area contributed by atoms with Gasteiger partial charge in [0.25, 0.3) is 0 Å². The number of likely N-dealkylation sites (tertiary alicyclic amines) is 1. The van der Waals surface area contributed by atoms with E-state index in [4.69, 9.17) is 14.8 Å². The normalized spacial score (nSPS) is 18.1. The van der Waals surface area contributed by atoms with Gasteiger partial charge in [0, 0.05) is 67.4 Å². The second kappa shape index (κ2) is 7.47. The molecule has 5 heterocycles. The molecule has 170 valence electrons. The number of nitrogens with zero attached hydrogens (tertiary/aromatic N) is 6. The molecule has 33 heavy (non-hydrogen) atoms. The highest BCUT2D eigenvalue weighted by molar-refractivity contribution is 5.84. The number of methoxy groups -OCH3 is 1. The first kappa shape index (κ1) is 20.0. The van der Waals surface area contributed by atoms with Gasteiger partial charge in [-0.05, 0) is 43.9 Å². The van der Waals surface area contributed by atoms with Gasteiger partial charge in [0.05, 0.1) is 7.11 Å². The van der Waals surface area contributed by atoms with Crippen LogP contribution in [0.5, 0.6) is 5.88 Å². The highest BCUT2D eigenvalue weighted by atomic mass is 16.5. The lowest BCUT2D eigenvalue weighted by Gasteiger charge is -2.53. The van der Waals surface area contributed by atoms with Gasteiger partial charge in [-0.3, -0.25) is 4.79 Å². The highest BCUT2D eigenvalue weighted by Gasteiger charge is 2.46. The number of carbonyl (C=O) groups excluding carboxylic acids is 1. The SMILES string of the molecule is COc1nc(NC2CCC3(CC2)CN(C(C)=O)C3)nn2ccc(-c3ccc4nccn4c3)c12. The third-order valence-electron chi connectivity index (χ3n) is 7.25. The first-order valence-corrected chi connectivity index (χ1v) is 11.4. The van der Waals surface area contributed by atoms with Gasteiger partial charge in [-0.1, -0.05) is 0 Å². The lowest BCUT2D eigenvalue weighted by molar-refractivity contribution is -0.143. The summed E-state index contributed by atoms with van der Waals surface area (Å²) in [6.45, 7) is 3.47. The van der Waals surface area contributed by atoms with E-state index >= 15 is 0 Å². The Bertz CT molecular complexity index is 1340. The molecule has 1 amide bonds. The van der Waals surface area contributed by atoms with Crippen molar-refractivity contribution in [3.63, 3.8) is 0 Å². The lowest BCUT2D eigenvalue weighted by Crippen LogP contribution is -2.59. The molecule has 0 aromatic carbocycles. The van der Waals surface area contributed by atoms with E-state index in [2.05, 4.69) is 22.6 Å². The van der Waals surface area contributed by atoms with Crippen molar-refractivity contribution in [2.45, 2.75) is 38.6 Å². The van der Waals surface area contributed by atoms with Crippen LogP contribution in [0.1, 0.15) is 32.6 Å². The van der Waals surface area contributed by atoms with Crippen molar-refractivity contribution in [3.05, 3.63) is 43.0 Å². The first-order valence-electron chi connectivity index (χ1n) is 11.4. The molecule has 0 unspecified atom stereocenters. The van der Waals surface area contributed by atoms with E-state index in [9.17, 15) is 4.79 Å². The Hall–Kier alpha value is -3.62. The molecule has 1 aliphatic carbocycles. The Kier molecular flexibility index (Phi) is 4.53. The van der Waals surface area contributed by atoms with E-state index in [0.717, 1.165) is 61.1 Å². The van der Waals surface area contributed by atoms with E-state index < -0.39 is 0 Å². The molecule has 6 rings (SSSR count). The maximum atomic E-state index is 11.5. The fourth-order valence-electron chi connectivity index (χ4n) is 5.37. The minimum absolute atomic E-state index is 0.186. The van der Waals surface area contributed by atoms with Crippen LogP contribution in [0.15, 0.2) is 43.0 Å². The number of anilines is 1. The predicted molar refractivity (Wildman–Crippen MR) is 124 cm³/mol. The number of fused-ring (bicyclic) bond motifs is 2. The van der Waals surface area contributed by atoms with Crippen LogP contribution in [0, 0.1) is 5.41 Å². The molecule has 1 N–H and O–H groups in total. The third kappa shape index (κ3) is 3.39. The van der Waals surface area contributed by atoms with E-state index in [0.29, 0.717) is 23.3 Å². The summed E-state index contributed by atoms with van der Waals surface area (Å²) in [6.07, 6.45) is 12.1. The van der Waals surface area contributed by atoms with Crippen molar-refractivity contribution in [2.24, 2.45) is 5.41 Å². The zero-order valence-electron chi connectivity index (χ0n) is 18.9. The van der Waals surface area contributed by atoms with E-state index in [1.807, 2.05) is 38.3 Å². The second-order valence-corrected chi connectivity index (χ2v) is 9.37. The van der Waals surface area contributed by atoms with Crippen LogP contribution < -0.4 is 10.1 Å². The number of nitrogens with one attached hydrogen (secondary N) is 1. The molecular formula is C24H27N7O2. The maximum Gasteiger partial charge on any atom is 0.244 e. The van der Waals surface area contributed by atoms with Crippen molar-refractivity contribution < 1.29 is 9.53 Å². The zero-order valence-corrected chi connectivity index (χ0v) is 18.9. The van der Waals surface area contributed by atoms with Crippen molar-refractivity contribution in [3.8, 4) is 17.0 Å². The number of hydrogen-bond acceptors (Lipinski definition) is 6. The number of aromatic nitrogens is 5. The topological polar surface area (TPSA) is 89.1 Å². The van der Waals surface area contributed by atoms with Crippen LogP contribution in [0.2, 0.25) is 0 Å². The standard InChI is InChI=1S/C24H27N7O2/c1-16(32)30-14-24(15-30)8-5-18(6-9-24)26-23-27-22(33-2)21-19(7-11-31(21)28-23)17-3-4-20-25-10-12-29(20)13-17/h3-4,7,10-13,18H,5-6,8-9,14-15H2,1-2H3,(H,26,28). The Labute approximate surface area is 191 Å². The molecule has 2 fully saturated rings. The third-order valence-corrected chi connectivity index (χ3v) is 7.25. The predicted octanol–water partition coefficient (Wildman–Crippen LogP) is 3.26. The van der Waals surface area contributed by atoms with Crippen molar-refractivity contribution in [2.75, 3.05) is 25.5 Å². The zero-order chi connectivity index (χ0) is 22.6. The smallest absolute Gasteiger partial charge is 0.244 e. The minimum atomic E-state index is 0.186. The van der Waals surface area contributed by atoms with E-state index in [1.54, 1.807) is 20.2 Å². The van der Waals surface area contributed by atoms with E-state index in [-0.39, 0.29) is 5.91 Å². The molecule has 0 bridgehead atoms. The molecule has 9 nitrogen and oxygen atoms in total. The van der Waals surface area contributed by atoms with Crippen LogP contribution in [-0.2, 0) is 4.79 Å². The molecule has 0 atom stereocenters. The van der Waals surface area contributed by atoms with Crippen molar-refractivity contribution >= 4 is 23.0 Å². The van der Waals surface area contributed by atoms with Gasteiger partial charge in [0.15, 0.2) is 0 Å². The van der Waals surface area contributed by atoms with Crippen LogP contribution >= 0.6 is 0 Å². The second-order valence-electron chi connectivity index (χ2n) is 9.37. The van der Waals surface area contributed by atoms with Gasteiger partial charge in [-0.2, -0.15) is 4.98 Å². The summed E-state index contributed by atoms with van der Waals surface area (Å²) in [4.78, 5) is 22.5. The average Bonchev–Trinajstić information content (AvgIpc) is 3.44. The van der Waals surface area contributed by atoms with Crippen LogP contribution in [-0.4, -0.2) is 61.0 Å². The van der Waals surface area contributed by atoms with Crippen LogP contribution in [0.4, 0.5) is 5.95 Å². The van der Waals surface area contributed by atoms with Gasteiger partial charge in [-0.25, -0.2) is 9.50 Å². The van der Waals surface area contributed by atoms with Crippen molar-refractivity contribution in [1.29, 1.82) is 0 Å². The van der Waals surface area contributed by atoms with E-state index in [1.165, 1.54) is 0 Å². The number of amides is 1. The van der Waals surface area contributed by atoms with Crippen LogP contribution in [0.25, 0.3) is 22.3 Å². The molecular weight excluding hydrogens is 418 g/mol. The first-order chi connectivity index (χ1) is 16.0. The number of imidazole rings is 1. The summed E-state index contributed by atoms with van der Waals surface area (Å²) in [5.74, 6) is 1.30. The highest BCUT2D eigenvalue weighted by Crippen LogP contribution is 2.44. The molecule has 1 spiro atoms. The number of rotatable bonds is 4. The minimum Gasteiger partial charge on any atom is -0.479 e. The molecule has 4 aromatic heterocycles. The molecule has 1 aliphatic heterocycles. The summed E-state index contributed by atoms with van der Waals surface area (Å²) in [5.41, 5.74) is 4.11. The Morgan fingerprint density at radius 3 is 2.76 bits per heavy atom. The maximum absolute atomic E-state index is 11.5. The summed E-state index contributed by atoms with van der Waals surface area (Å²) in [5, 5.41) is 8.25. The molecule has 1 saturated heterocycles. The Morgan fingerprint density at radius 2 is 2.00 bits per heavy atom. The molecule has 2 aliphatic rings. The monoisotopic (exact) mass is 445 g/mol. The fraction of sp³-hybridized carbons (Fsp3) is 0.417. The number of carbonyl (C=O) groups is 1. The molecule has 1 saturated carbocycles. The summed E-state index contributed by atoms with van der Waals surface area (Å²) in [7, 11) is 1.64. The molecule has 4 aromatic rings. The van der Waals surface area contributed by atoms with Crippen LogP contribution in [0.3, 0.4) is 0 Å². The summed E-state index contributed by atoms with van der Waals surface area (Å²) >= 11 is 0. The largest absolute Gasteiger partial charge is 0.479 e.